The summed E-state index contributed by atoms with van der Waals surface area (Å²) in [6.07, 6.45) is 3.30. The Morgan fingerprint density at radius 3 is 2.57 bits per heavy atom. The summed E-state index contributed by atoms with van der Waals surface area (Å²) < 4.78 is 0. The Hall–Kier alpha value is -0.240. The summed E-state index contributed by atoms with van der Waals surface area (Å²) in [5.41, 5.74) is 0. The Balaban J connectivity index is 3.26. The van der Waals surface area contributed by atoms with Gasteiger partial charge in [0.15, 0.2) is 0 Å². The highest BCUT2D eigenvalue weighted by Crippen LogP contribution is 1.86. The minimum absolute atomic E-state index is 0.0967. The molecule has 0 radical (unpaired) electrons. The van der Waals surface area contributed by atoms with Gasteiger partial charge in [-0.25, -0.2) is 0 Å². The first-order valence-corrected chi connectivity index (χ1v) is 3.00. The smallest absolute Gasteiger partial charge is 0.108 e. The molecule has 0 aliphatic rings. The van der Waals surface area contributed by atoms with E-state index in [-0.39, 0.29) is 5.76 Å². The van der Waals surface area contributed by atoms with Crippen molar-refractivity contribution < 1.29 is 5.11 Å². The zero-order chi connectivity index (χ0) is 5.70. The van der Waals surface area contributed by atoms with Crippen LogP contribution in [0.25, 0.3) is 0 Å². The molecule has 0 spiro atoms. The standard InChI is InChI=1S/C5H7BrO/c1-5(7)3-2-4-6/h2-3,7H,1,4H2/b3-2+. The van der Waals surface area contributed by atoms with Crippen LogP contribution < -0.4 is 0 Å². The zero-order valence-electron chi connectivity index (χ0n) is 3.89. The van der Waals surface area contributed by atoms with Crippen molar-refractivity contribution in [3.63, 3.8) is 0 Å². The van der Waals surface area contributed by atoms with Gasteiger partial charge < -0.3 is 5.11 Å². The Morgan fingerprint density at radius 2 is 2.43 bits per heavy atom. The molecule has 7 heavy (non-hydrogen) atoms. The third-order valence-electron chi connectivity index (χ3n) is 0.399. The second-order valence-corrected chi connectivity index (χ2v) is 1.70. The second kappa shape index (κ2) is 3.93. The summed E-state index contributed by atoms with van der Waals surface area (Å²) in [5.74, 6) is 0.0967. The molecule has 0 atom stereocenters. The number of aliphatic hydroxyl groups excluding tert-OH is 1. The molecule has 0 saturated carbocycles. The summed E-state index contributed by atoms with van der Waals surface area (Å²) in [7, 11) is 0. The van der Waals surface area contributed by atoms with Crippen LogP contribution in [0.15, 0.2) is 24.5 Å². The summed E-state index contributed by atoms with van der Waals surface area (Å²) in [6, 6.07) is 0. The Morgan fingerprint density at radius 1 is 1.86 bits per heavy atom. The van der Waals surface area contributed by atoms with Crippen LogP contribution in [0.2, 0.25) is 0 Å². The minimum atomic E-state index is 0.0967. The summed E-state index contributed by atoms with van der Waals surface area (Å²) >= 11 is 3.14. The molecule has 0 bridgehead atoms. The quantitative estimate of drug-likeness (QED) is 0.375. The molecule has 1 N–H and O–H groups in total. The van der Waals surface area contributed by atoms with Crippen LogP contribution in [0.1, 0.15) is 0 Å². The second-order valence-electron chi connectivity index (χ2n) is 1.05. The topological polar surface area (TPSA) is 20.2 Å². The molecule has 0 aromatic heterocycles. The van der Waals surface area contributed by atoms with Gasteiger partial charge in [-0.3, -0.25) is 0 Å². The number of rotatable bonds is 2. The molecule has 2 heteroatoms. The van der Waals surface area contributed by atoms with Gasteiger partial charge in [-0.05, 0) is 6.08 Å². The Bertz CT molecular complexity index is 86.1. The van der Waals surface area contributed by atoms with Crippen molar-refractivity contribution in [3.8, 4) is 0 Å². The molecule has 0 amide bonds. The van der Waals surface area contributed by atoms with Crippen LogP contribution in [0.5, 0.6) is 0 Å². The molecule has 0 fully saturated rings. The molecule has 40 valence electrons. The van der Waals surface area contributed by atoms with Gasteiger partial charge in [-0.15, -0.1) is 0 Å². The average Bonchev–Trinajstić information content (AvgIpc) is 1.61. The molecule has 0 aliphatic carbocycles. The van der Waals surface area contributed by atoms with Crippen molar-refractivity contribution in [3.05, 3.63) is 24.5 Å². The maximum Gasteiger partial charge on any atom is 0.108 e. The lowest BCUT2D eigenvalue weighted by molar-refractivity contribution is 0.435. The van der Waals surface area contributed by atoms with Crippen LogP contribution in [0, 0.1) is 0 Å². The molecule has 0 aromatic carbocycles. The number of hydrogen-bond acceptors (Lipinski definition) is 1. The molecular weight excluding hydrogens is 156 g/mol. The van der Waals surface area contributed by atoms with Crippen molar-refractivity contribution in [1.82, 2.24) is 0 Å². The van der Waals surface area contributed by atoms with Crippen LogP contribution in [-0.2, 0) is 0 Å². The summed E-state index contributed by atoms with van der Waals surface area (Å²) in [6.45, 7) is 3.24. The van der Waals surface area contributed by atoms with Crippen LogP contribution in [0.4, 0.5) is 0 Å². The van der Waals surface area contributed by atoms with Gasteiger partial charge in [0.25, 0.3) is 0 Å². The van der Waals surface area contributed by atoms with Crippen molar-refractivity contribution >= 4 is 15.9 Å². The van der Waals surface area contributed by atoms with E-state index in [1.165, 1.54) is 6.08 Å². The molecular formula is C5H7BrO. The monoisotopic (exact) mass is 162 g/mol. The summed E-state index contributed by atoms with van der Waals surface area (Å²) in [4.78, 5) is 0. The van der Waals surface area contributed by atoms with Crippen molar-refractivity contribution in [2.24, 2.45) is 0 Å². The van der Waals surface area contributed by atoms with Crippen molar-refractivity contribution in [1.29, 1.82) is 0 Å². The first-order chi connectivity index (χ1) is 3.27. The molecule has 0 saturated heterocycles. The highest BCUT2D eigenvalue weighted by atomic mass is 79.9. The van der Waals surface area contributed by atoms with Gasteiger partial charge in [0.2, 0.25) is 0 Å². The number of aliphatic hydroxyl groups is 1. The lowest BCUT2D eigenvalue weighted by atomic mass is 10.5. The van der Waals surface area contributed by atoms with Gasteiger partial charge >= 0.3 is 0 Å². The van der Waals surface area contributed by atoms with E-state index in [0.717, 1.165) is 5.33 Å². The fraction of sp³-hybridized carbons (Fsp3) is 0.200. The lowest BCUT2D eigenvalue weighted by Gasteiger charge is -1.79. The number of halogens is 1. The highest BCUT2D eigenvalue weighted by Gasteiger charge is 1.71. The Kier molecular flexibility index (Phi) is 3.80. The van der Waals surface area contributed by atoms with Gasteiger partial charge in [-0.2, -0.15) is 0 Å². The van der Waals surface area contributed by atoms with E-state index in [4.69, 9.17) is 5.11 Å². The van der Waals surface area contributed by atoms with E-state index in [1.807, 2.05) is 0 Å². The molecule has 0 aliphatic heterocycles. The lowest BCUT2D eigenvalue weighted by Crippen LogP contribution is -1.66. The largest absolute Gasteiger partial charge is 0.509 e. The fourth-order valence-corrected chi connectivity index (χ4v) is 0.367. The maximum atomic E-state index is 8.38. The van der Waals surface area contributed by atoms with Gasteiger partial charge in [-0.1, -0.05) is 28.6 Å². The zero-order valence-corrected chi connectivity index (χ0v) is 5.48. The van der Waals surface area contributed by atoms with E-state index in [1.54, 1.807) is 6.08 Å². The third kappa shape index (κ3) is 5.76. The van der Waals surface area contributed by atoms with E-state index in [0.29, 0.717) is 0 Å². The molecule has 0 rings (SSSR count). The van der Waals surface area contributed by atoms with E-state index in [9.17, 15) is 0 Å². The van der Waals surface area contributed by atoms with Crippen molar-refractivity contribution in [2.45, 2.75) is 0 Å². The van der Waals surface area contributed by atoms with E-state index < -0.39 is 0 Å². The predicted molar refractivity (Wildman–Crippen MR) is 34.7 cm³/mol. The van der Waals surface area contributed by atoms with Crippen LogP contribution >= 0.6 is 15.9 Å². The van der Waals surface area contributed by atoms with Gasteiger partial charge in [0.05, 0.1) is 0 Å². The van der Waals surface area contributed by atoms with Gasteiger partial charge in [0, 0.05) is 5.33 Å². The molecule has 1 nitrogen and oxygen atoms in total. The van der Waals surface area contributed by atoms with E-state index in [2.05, 4.69) is 22.5 Å². The first-order valence-electron chi connectivity index (χ1n) is 1.87. The number of hydrogen-bond donors (Lipinski definition) is 1. The average molecular weight is 163 g/mol. The minimum Gasteiger partial charge on any atom is -0.509 e. The van der Waals surface area contributed by atoms with Crippen molar-refractivity contribution in [2.75, 3.05) is 5.33 Å². The molecule has 0 heterocycles. The number of allylic oxidation sites excluding steroid dienone is 2. The normalized spacial score (nSPS) is 9.86. The fourth-order valence-electron chi connectivity index (χ4n) is 0.181. The predicted octanol–water partition coefficient (Wildman–Crippen LogP) is 2.01. The third-order valence-corrected chi connectivity index (χ3v) is 0.773. The SMILES string of the molecule is C=C(O)/C=C/CBr. The van der Waals surface area contributed by atoms with Gasteiger partial charge in [0.1, 0.15) is 5.76 Å². The van der Waals surface area contributed by atoms with E-state index >= 15 is 0 Å². The van der Waals surface area contributed by atoms with Crippen LogP contribution in [-0.4, -0.2) is 10.4 Å². The molecule has 0 aromatic rings. The van der Waals surface area contributed by atoms with Crippen LogP contribution in [0.3, 0.4) is 0 Å². The summed E-state index contributed by atoms with van der Waals surface area (Å²) in [5, 5.41) is 9.14. The maximum absolute atomic E-state index is 8.38. The highest BCUT2D eigenvalue weighted by molar-refractivity contribution is 9.09. The Labute approximate surface area is 51.5 Å². The first kappa shape index (κ1) is 6.76. The number of alkyl halides is 1. The molecule has 0 unspecified atom stereocenters.